The largest absolute Gasteiger partial charge is 0.323 e. The van der Waals surface area contributed by atoms with Crippen LogP contribution in [0.25, 0.3) is 10.2 Å². The highest BCUT2D eigenvalue weighted by Gasteiger charge is 2.15. The summed E-state index contributed by atoms with van der Waals surface area (Å²) in [6.07, 6.45) is 0.806. The summed E-state index contributed by atoms with van der Waals surface area (Å²) in [5.74, 6) is 0.216. The first-order chi connectivity index (χ1) is 13.1. The first-order valence-electron chi connectivity index (χ1n) is 8.96. The fourth-order valence-electron chi connectivity index (χ4n) is 3.53. The van der Waals surface area contributed by atoms with Crippen molar-refractivity contribution in [3.63, 3.8) is 0 Å². The van der Waals surface area contributed by atoms with Crippen LogP contribution in [0, 0.1) is 11.7 Å². The maximum atomic E-state index is 12.9. The summed E-state index contributed by atoms with van der Waals surface area (Å²) < 4.78 is 2.19. The molecule has 0 aliphatic carbocycles. The van der Waals surface area contributed by atoms with Gasteiger partial charge in [-0.05, 0) is 42.8 Å². The quantitative estimate of drug-likeness (QED) is 0.446. The smallest absolute Gasteiger partial charge is 0.263 e. The van der Waals surface area contributed by atoms with Crippen molar-refractivity contribution in [1.29, 1.82) is 0 Å². The Labute approximate surface area is 166 Å². The molecule has 27 heavy (non-hydrogen) atoms. The number of aromatic nitrogens is 2. The number of hydrogen-bond donors (Lipinski definition) is 1. The van der Waals surface area contributed by atoms with Gasteiger partial charge >= 0.3 is 0 Å². The molecule has 0 amide bonds. The second-order valence-electron chi connectivity index (χ2n) is 6.65. The standard InChI is InChI=1S/C22H20N2OS2/c1-15-14-19-20(27-15)23-22(26)24(21(19)25)13-12-18(16-8-4-2-5-9-16)17-10-6-3-7-11-17/h2-11,14,18H,12-13H2,1H3,(H,23,26). The molecule has 3 nitrogen and oxygen atoms in total. The number of nitrogens with one attached hydrogen (secondary N) is 1. The minimum atomic E-state index is -0.00188. The fraction of sp³-hybridized carbons (Fsp3) is 0.182. The Hall–Kier alpha value is -2.50. The molecule has 5 heteroatoms. The summed E-state index contributed by atoms with van der Waals surface area (Å²) in [5.41, 5.74) is 2.50. The Morgan fingerprint density at radius 3 is 2.22 bits per heavy atom. The molecule has 0 atom stereocenters. The van der Waals surface area contributed by atoms with Crippen LogP contribution >= 0.6 is 23.6 Å². The topological polar surface area (TPSA) is 37.8 Å². The van der Waals surface area contributed by atoms with Gasteiger partial charge in [0.2, 0.25) is 0 Å². The summed E-state index contributed by atoms with van der Waals surface area (Å²) in [6.45, 7) is 2.58. The minimum absolute atomic E-state index is 0.00188. The first kappa shape index (κ1) is 17.9. The number of aromatic amines is 1. The second-order valence-corrected chi connectivity index (χ2v) is 8.29. The van der Waals surface area contributed by atoms with Crippen molar-refractivity contribution in [3.05, 3.63) is 97.9 Å². The molecular weight excluding hydrogens is 372 g/mol. The van der Waals surface area contributed by atoms with Gasteiger partial charge in [-0.25, -0.2) is 0 Å². The molecule has 0 saturated heterocycles. The normalized spacial score (nSPS) is 11.3. The van der Waals surface area contributed by atoms with E-state index < -0.39 is 0 Å². The van der Waals surface area contributed by atoms with E-state index in [-0.39, 0.29) is 11.5 Å². The van der Waals surface area contributed by atoms with Crippen LogP contribution in [-0.4, -0.2) is 9.55 Å². The molecule has 0 unspecified atom stereocenters. The van der Waals surface area contributed by atoms with Crippen LogP contribution in [0.5, 0.6) is 0 Å². The Balaban J connectivity index is 1.70. The molecule has 136 valence electrons. The lowest BCUT2D eigenvalue weighted by Crippen LogP contribution is -2.22. The van der Waals surface area contributed by atoms with Gasteiger partial charge in [0.25, 0.3) is 5.56 Å². The van der Waals surface area contributed by atoms with Crippen molar-refractivity contribution < 1.29 is 0 Å². The summed E-state index contributed by atoms with van der Waals surface area (Å²) in [5, 5.41) is 0.724. The Bertz CT molecular complexity index is 1130. The van der Waals surface area contributed by atoms with Crippen LogP contribution in [0.1, 0.15) is 28.3 Å². The van der Waals surface area contributed by atoms with Gasteiger partial charge in [0.1, 0.15) is 4.83 Å². The molecule has 0 fully saturated rings. The molecule has 0 bridgehead atoms. The van der Waals surface area contributed by atoms with E-state index in [9.17, 15) is 4.79 Å². The van der Waals surface area contributed by atoms with E-state index in [1.54, 1.807) is 15.9 Å². The number of rotatable bonds is 5. The number of hydrogen-bond acceptors (Lipinski definition) is 3. The van der Waals surface area contributed by atoms with Crippen molar-refractivity contribution in [1.82, 2.24) is 9.55 Å². The number of fused-ring (bicyclic) bond motifs is 1. The van der Waals surface area contributed by atoms with Crippen LogP contribution < -0.4 is 5.56 Å². The van der Waals surface area contributed by atoms with Gasteiger partial charge in [0.15, 0.2) is 4.77 Å². The van der Waals surface area contributed by atoms with E-state index in [4.69, 9.17) is 12.2 Å². The molecule has 1 N–H and O–H groups in total. The molecule has 0 aliphatic heterocycles. The van der Waals surface area contributed by atoms with Crippen molar-refractivity contribution in [3.8, 4) is 0 Å². The summed E-state index contributed by atoms with van der Waals surface area (Å²) in [4.78, 5) is 18.1. The average Bonchev–Trinajstić information content (AvgIpc) is 3.06. The fourth-order valence-corrected chi connectivity index (χ4v) is 4.77. The van der Waals surface area contributed by atoms with E-state index in [1.807, 2.05) is 25.1 Å². The minimum Gasteiger partial charge on any atom is -0.323 e. The third kappa shape index (κ3) is 3.66. The molecule has 2 aromatic heterocycles. The molecule has 4 rings (SSSR count). The number of thiophene rings is 1. The van der Waals surface area contributed by atoms with Gasteiger partial charge in [-0.3, -0.25) is 9.36 Å². The predicted molar refractivity (Wildman–Crippen MR) is 115 cm³/mol. The molecule has 0 saturated carbocycles. The molecule has 2 heterocycles. The summed E-state index contributed by atoms with van der Waals surface area (Å²) in [7, 11) is 0. The summed E-state index contributed by atoms with van der Waals surface area (Å²) >= 11 is 7.05. The molecular formula is C22H20N2OS2. The van der Waals surface area contributed by atoms with E-state index >= 15 is 0 Å². The zero-order valence-electron chi connectivity index (χ0n) is 15.0. The highest BCUT2D eigenvalue weighted by atomic mass is 32.1. The van der Waals surface area contributed by atoms with Gasteiger partial charge < -0.3 is 4.98 Å². The number of aryl methyl sites for hydroxylation is 1. The maximum Gasteiger partial charge on any atom is 0.263 e. The zero-order valence-corrected chi connectivity index (χ0v) is 16.6. The average molecular weight is 393 g/mol. The SMILES string of the molecule is Cc1cc2c(=O)n(CCC(c3ccccc3)c3ccccc3)c(=S)[nH]c2s1. The first-order valence-corrected chi connectivity index (χ1v) is 10.2. The van der Waals surface area contributed by atoms with Crippen LogP contribution in [-0.2, 0) is 6.54 Å². The van der Waals surface area contributed by atoms with Gasteiger partial charge in [-0.2, -0.15) is 0 Å². The zero-order chi connectivity index (χ0) is 18.8. The maximum absolute atomic E-state index is 12.9. The monoisotopic (exact) mass is 392 g/mol. The molecule has 0 radical (unpaired) electrons. The lowest BCUT2D eigenvalue weighted by molar-refractivity contribution is 0.572. The van der Waals surface area contributed by atoms with Gasteiger partial charge in [0.05, 0.1) is 5.39 Å². The van der Waals surface area contributed by atoms with Crippen molar-refractivity contribution >= 4 is 33.8 Å². The van der Waals surface area contributed by atoms with Crippen molar-refractivity contribution in [2.45, 2.75) is 25.8 Å². The Morgan fingerprint density at radius 1 is 1.04 bits per heavy atom. The van der Waals surface area contributed by atoms with Gasteiger partial charge in [-0.15, -0.1) is 11.3 Å². The van der Waals surface area contributed by atoms with Crippen LogP contribution in [0.3, 0.4) is 0 Å². The van der Waals surface area contributed by atoms with E-state index in [0.717, 1.165) is 21.5 Å². The lowest BCUT2D eigenvalue weighted by atomic mass is 9.88. The van der Waals surface area contributed by atoms with E-state index in [2.05, 4.69) is 53.5 Å². The summed E-state index contributed by atoms with van der Waals surface area (Å²) in [6, 6.07) is 22.8. The van der Waals surface area contributed by atoms with Gasteiger partial charge in [-0.1, -0.05) is 60.7 Å². The second kappa shape index (κ2) is 7.62. The predicted octanol–water partition coefficient (Wildman–Crippen LogP) is 5.65. The van der Waals surface area contributed by atoms with Crippen molar-refractivity contribution in [2.75, 3.05) is 0 Å². The van der Waals surface area contributed by atoms with Crippen LogP contribution in [0.2, 0.25) is 0 Å². The Kier molecular flexibility index (Phi) is 5.05. The Morgan fingerprint density at radius 2 is 1.63 bits per heavy atom. The van der Waals surface area contributed by atoms with E-state index in [0.29, 0.717) is 11.3 Å². The highest BCUT2D eigenvalue weighted by Crippen LogP contribution is 2.28. The van der Waals surface area contributed by atoms with Crippen LogP contribution in [0.15, 0.2) is 71.5 Å². The highest BCUT2D eigenvalue weighted by molar-refractivity contribution is 7.71. The number of H-pyrrole nitrogens is 1. The molecule has 0 aliphatic rings. The third-order valence-electron chi connectivity index (χ3n) is 4.84. The van der Waals surface area contributed by atoms with Crippen LogP contribution in [0.4, 0.5) is 0 Å². The number of benzene rings is 2. The third-order valence-corrected chi connectivity index (χ3v) is 6.13. The van der Waals surface area contributed by atoms with Crippen molar-refractivity contribution in [2.24, 2.45) is 0 Å². The molecule has 4 aromatic rings. The van der Waals surface area contributed by atoms with Gasteiger partial charge in [0, 0.05) is 17.3 Å². The molecule has 2 aromatic carbocycles. The lowest BCUT2D eigenvalue weighted by Gasteiger charge is -2.19. The number of nitrogens with zero attached hydrogens (tertiary/aromatic N) is 1. The molecule has 0 spiro atoms. The van der Waals surface area contributed by atoms with E-state index in [1.165, 1.54) is 11.1 Å².